The molecule has 8 nitrogen and oxygen atoms in total. The average molecular weight is 572 g/mol. The first kappa shape index (κ1) is 27.3. The van der Waals surface area contributed by atoms with E-state index in [-0.39, 0.29) is 17.9 Å². The van der Waals surface area contributed by atoms with Crippen molar-refractivity contribution in [3.05, 3.63) is 95.1 Å². The van der Waals surface area contributed by atoms with Crippen molar-refractivity contribution in [3.8, 4) is 22.5 Å². The van der Waals surface area contributed by atoms with Crippen LogP contribution in [0.5, 0.6) is 0 Å². The number of fused-ring (bicyclic) bond motifs is 1. The lowest BCUT2D eigenvalue weighted by Crippen LogP contribution is -2.42. The van der Waals surface area contributed by atoms with E-state index in [2.05, 4.69) is 67.6 Å². The molecule has 1 saturated carbocycles. The maximum atomic E-state index is 13.1. The smallest absolute Gasteiger partial charge is 0.255 e. The number of nitrogens with zero attached hydrogens (tertiary/aromatic N) is 3. The Kier molecular flexibility index (Phi) is 7.16. The molecule has 218 valence electrons. The fourth-order valence-corrected chi connectivity index (χ4v) is 6.22. The van der Waals surface area contributed by atoms with Crippen molar-refractivity contribution in [2.45, 2.75) is 51.1 Å². The highest BCUT2D eigenvalue weighted by molar-refractivity contribution is 6.05. The molecule has 1 amide bonds. The molecule has 3 heterocycles. The molecule has 5 aromatic rings. The Labute approximate surface area is 251 Å². The average Bonchev–Trinajstić information content (AvgIpc) is 3.77. The summed E-state index contributed by atoms with van der Waals surface area (Å²) in [6.45, 7) is 4.94. The number of rotatable bonds is 7. The first-order valence-electron chi connectivity index (χ1n) is 15.2. The lowest BCUT2D eigenvalue weighted by atomic mass is 10.0. The van der Waals surface area contributed by atoms with Gasteiger partial charge >= 0.3 is 0 Å². The summed E-state index contributed by atoms with van der Waals surface area (Å²) in [6.07, 6.45) is 4.74. The number of hydrogen-bond acceptors (Lipinski definition) is 6. The van der Waals surface area contributed by atoms with Crippen LogP contribution < -0.4 is 16.8 Å². The first-order valence-corrected chi connectivity index (χ1v) is 15.2. The summed E-state index contributed by atoms with van der Waals surface area (Å²) >= 11 is 0. The molecule has 1 saturated heterocycles. The molecule has 2 aliphatic rings. The molecule has 0 spiro atoms. The minimum absolute atomic E-state index is 0.134. The van der Waals surface area contributed by atoms with Gasteiger partial charge in [0.15, 0.2) is 0 Å². The molecule has 8 heteroatoms. The minimum atomic E-state index is -0.134. The predicted molar refractivity (Wildman–Crippen MR) is 173 cm³/mol. The van der Waals surface area contributed by atoms with E-state index in [4.69, 9.17) is 11.5 Å². The molecular formula is C35H37N7O. The number of aromatic amines is 1. The number of H-pyrrole nitrogens is 1. The van der Waals surface area contributed by atoms with E-state index in [1.807, 2.05) is 37.3 Å². The quantitative estimate of drug-likeness (QED) is 0.183. The second-order valence-electron chi connectivity index (χ2n) is 12.0. The van der Waals surface area contributed by atoms with Crippen molar-refractivity contribution >= 4 is 28.6 Å². The van der Waals surface area contributed by atoms with E-state index in [1.54, 1.807) is 0 Å². The van der Waals surface area contributed by atoms with Crippen LogP contribution in [0, 0.1) is 6.92 Å². The van der Waals surface area contributed by atoms with Gasteiger partial charge in [0.2, 0.25) is 5.95 Å². The molecule has 7 rings (SSSR count). The molecule has 3 aromatic carbocycles. The maximum Gasteiger partial charge on any atom is 0.255 e. The first-order chi connectivity index (χ1) is 20.9. The molecule has 1 unspecified atom stereocenters. The number of nitrogens with two attached hydrogens (primary N) is 2. The van der Waals surface area contributed by atoms with E-state index in [0.717, 1.165) is 71.6 Å². The second kappa shape index (κ2) is 11.3. The third kappa shape index (κ3) is 5.76. The van der Waals surface area contributed by atoms with Crippen LogP contribution in [0.15, 0.2) is 72.8 Å². The Morgan fingerprint density at radius 3 is 2.56 bits per heavy atom. The van der Waals surface area contributed by atoms with Gasteiger partial charge in [0.1, 0.15) is 5.65 Å². The number of benzene rings is 3. The summed E-state index contributed by atoms with van der Waals surface area (Å²) in [7, 11) is 0. The summed E-state index contributed by atoms with van der Waals surface area (Å²) in [5, 5.41) is 3.97. The van der Waals surface area contributed by atoms with Crippen LogP contribution in [0.4, 0.5) is 11.6 Å². The van der Waals surface area contributed by atoms with Gasteiger partial charge in [-0.2, -0.15) is 4.98 Å². The van der Waals surface area contributed by atoms with E-state index in [0.29, 0.717) is 17.1 Å². The fraction of sp³-hybridized carbons (Fsp3) is 0.286. The van der Waals surface area contributed by atoms with Gasteiger partial charge in [0.05, 0.1) is 5.69 Å². The third-order valence-corrected chi connectivity index (χ3v) is 8.78. The SMILES string of the molecule is Cc1c(NC(=O)c2ccc(C3CC3)cc2)cccc1-c1nc(N)nc2[nH]c(-c3ccc(CN4CCCC(N)C4)cc3)cc12. The van der Waals surface area contributed by atoms with Crippen LogP contribution >= 0.6 is 0 Å². The number of aromatic nitrogens is 3. The van der Waals surface area contributed by atoms with Gasteiger partial charge in [0, 0.05) is 47.0 Å². The van der Waals surface area contributed by atoms with Gasteiger partial charge in [-0.3, -0.25) is 9.69 Å². The second-order valence-corrected chi connectivity index (χ2v) is 12.0. The van der Waals surface area contributed by atoms with Gasteiger partial charge in [-0.05, 0) is 91.6 Å². The van der Waals surface area contributed by atoms with Crippen LogP contribution in [-0.4, -0.2) is 44.9 Å². The largest absolute Gasteiger partial charge is 0.368 e. The number of nitrogen functional groups attached to an aromatic ring is 1. The van der Waals surface area contributed by atoms with E-state index in [1.165, 1.54) is 24.0 Å². The highest BCUT2D eigenvalue weighted by Gasteiger charge is 2.23. The third-order valence-electron chi connectivity index (χ3n) is 8.78. The van der Waals surface area contributed by atoms with E-state index in [9.17, 15) is 4.79 Å². The summed E-state index contributed by atoms with van der Waals surface area (Å²) in [5.41, 5.74) is 21.5. The number of likely N-dealkylation sites (tertiary alicyclic amines) is 1. The normalized spacial score (nSPS) is 17.3. The zero-order chi connectivity index (χ0) is 29.5. The lowest BCUT2D eigenvalue weighted by molar-refractivity contribution is 0.102. The molecule has 0 radical (unpaired) electrons. The van der Waals surface area contributed by atoms with Crippen molar-refractivity contribution in [2.75, 3.05) is 24.1 Å². The van der Waals surface area contributed by atoms with Crippen molar-refractivity contribution in [1.29, 1.82) is 0 Å². The molecule has 0 bridgehead atoms. The monoisotopic (exact) mass is 571 g/mol. The lowest BCUT2D eigenvalue weighted by Gasteiger charge is -2.30. The number of hydrogen-bond donors (Lipinski definition) is 4. The molecular weight excluding hydrogens is 534 g/mol. The van der Waals surface area contributed by atoms with Crippen LogP contribution in [0.2, 0.25) is 0 Å². The zero-order valence-electron chi connectivity index (χ0n) is 24.4. The summed E-state index contributed by atoms with van der Waals surface area (Å²) in [5.74, 6) is 0.715. The molecule has 1 aliphatic heterocycles. The Bertz CT molecular complexity index is 1790. The number of amides is 1. The molecule has 1 atom stereocenters. The molecule has 43 heavy (non-hydrogen) atoms. The summed E-state index contributed by atoms with van der Waals surface area (Å²) in [4.78, 5) is 28.1. The van der Waals surface area contributed by atoms with E-state index < -0.39 is 0 Å². The molecule has 1 aliphatic carbocycles. The molecule has 2 fully saturated rings. The fourth-order valence-electron chi connectivity index (χ4n) is 6.22. The number of piperidine rings is 1. The topological polar surface area (TPSA) is 126 Å². The van der Waals surface area contributed by atoms with Gasteiger partial charge in [-0.15, -0.1) is 0 Å². The van der Waals surface area contributed by atoms with Crippen LogP contribution in [0.25, 0.3) is 33.5 Å². The van der Waals surface area contributed by atoms with Gasteiger partial charge in [0.25, 0.3) is 5.91 Å². The number of carbonyl (C=O) groups is 1. The summed E-state index contributed by atoms with van der Waals surface area (Å²) in [6, 6.07) is 24.8. The van der Waals surface area contributed by atoms with Crippen molar-refractivity contribution in [2.24, 2.45) is 5.73 Å². The Hall–Kier alpha value is -4.53. The Morgan fingerprint density at radius 2 is 1.81 bits per heavy atom. The molecule has 6 N–H and O–H groups in total. The van der Waals surface area contributed by atoms with Crippen LogP contribution in [0.1, 0.15) is 58.6 Å². The maximum absolute atomic E-state index is 13.1. The van der Waals surface area contributed by atoms with E-state index >= 15 is 0 Å². The summed E-state index contributed by atoms with van der Waals surface area (Å²) < 4.78 is 0. The van der Waals surface area contributed by atoms with Gasteiger partial charge in [-0.1, -0.05) is 48.5 Å². The standard InChI is InChI=1S/C35H37N7O/c1-21-28(5-2-6-30(21)39-34(43)26-15-13-24(14-16-26)23-11-12-23)32-29-18-31(38-33(29)41-35(37)40-32)25-9-7-22(8-10-25)19-42-17-3-4-27(36)20-42/h2,5-10,13-16,18,23,27H,3-4,11-12,17,19-20,36H2,1H3,(H,39,43)(H3,37,38,40,41). The highest BCUT2D eigenvalue weighted by Crippen LogP contribution is 2.40. The van der Waals surface area contributed by atoms with Crippen molar-refractivity contribution in [1.82, 2.24) is 19.9 Å². The van der Waals surface area contributed by atoms with Crippen molar-refractivity contribution < 1.29 is 4.79 Å². The van der Waals surface area contributed by atoms with Crippen LogP contribution in [-0.2, 0) is 6.54 Å². The van der Waals surface area contributed by atoms with Crippen LogP contribution in [0.3, 0.4) is 0 Å². The number of anilines is 2. The zero-order valence-corrected chi connectivity index (χ0v) is 24.4. The Balaban J connectivity index is 1.15. The molecule has 2 aromatic heterocycles. The Morgan fingerprint density at radius 1 is 1.02 bits per heavy atom. The highest BCUT2D eigenvalue weighted by atomic mass is 16.1. The van der Waals surface area contributed by atoms with Gasteiger partial charge < -0.3 is 21.8 Å². The van der Waals surface area contributed by atoms with Crippen molar-refractivity contribution in [3.63, 3.8) is 0 Å². The van der Waals surface area contributed by atoms with Gasteiger partial charge in [-0.25, -0.2) is 4.98 Å². The minimum Gasteiger partial charge on any atom is -0.368 e. The predicted octanol–water partition coefficient (Wildman–Crippen LogP) is 6.24. The number of nitrogens with one attached hydrogen (secondary N) is 2. The number of carbonyl (C=O) groups excluding carboxylic acids is 1.